The molecule has 0 aromatic heterocycles. The fourth-order valence-electron chi connectivity index (χ4n) is 4.98. The second-order valence-electron chi connectivity index (χ2n) is 8.55. The summed E-state index contributed by atoms with van der Waals surface area (Å²) in [6.45, 7) is 5.61. The van der Waals surface area contributed by atoms with Gasteiger partial charge in [-0.25, -0.2) is 0 Å². The number of carbonyl (C=O) groups excluding carboxylic acids is 3. The molecule has 1 aromatic rings. The van der Waals surface area contributed by atoms with Crippen molar-refractivity contribution in [2.45, 2.75) is 38.0 Å². The number of rotatable bonds is 3. The standard InChI is InChI=1S/C21H26N4O4/c26-19-5-4-18(20(27)23-19)25-10-17-14(2-1-3-16(17)21(25)28)8-24-7-13-6-22-15(9-24)12-29-11-13/h1-3,13,15,18,22H,4-12H2,(H,23,26,27)/t13-,15-,18?/m1/s1. The Morgan fingerprint density at radius 2 is 2.03 bits per heavy atom. The van der Waals surface area contributed by atoms with Gasteiger partial charge < -0.3 is 15.0 Å². The van der Waals surface area contributed by atoms with Crippen LogP contribution in [0.25, 0.3) is 0 Å². The molecule has 1 aromatic carbocycles. The second-order valence-corrected chi connectivity index (χ2v) is 8.55. The molecule has 29 heavy (non-hydrogen) atoms. The highest BCUT2D eigenvalue weighted by atomic mass is 16.5. The van der Waals surface area contributed by atoms with Gasteiger partial charge in [0.25, 0.3) is 5.91 Å². The van der Waals surface area contributed by atoms with Gasteiger partial charge in [0.15, 0.2) is 0 Å². The van der Waals surface area contributed by atoms with Crippen molar-refractivity contribution in [3.8, 4) is 0 Å². The van der Waals surface area contributed by atoms with E-state index in [-0.39, 0.29) is 24.1 Å². The first-order valence-electron chi connectivity index (χ1n) is 10.4. The third kappa shape index (κ3) is 3.56. The first-order valence-corrected chi connectivity index (χ1v) is 10.4. The van der Waals surface area contributed by atoms with Gasteiger partial charge in [0, 0.05) is 56.7 Å². The largest absolute Gasteiger partial charge is 0.379 e. The zero-order chi connectivity index (χ0) is 20.0. The molecule has 3 amide bonds. The summed E-state index contributed by atoms with van der Waals surface area (Å²) >= 11 is 0. The number of hydrogen-bond acceptors (Lipinski definition) is 6. The maximum absolute atomic E-state index is 13.0. The van der Waals surface area contributed by atoms with Crippen LogP contribution in [0.15, 0.2) is 18.2 Å². The van der Waals surface area contributed by atoms with Crippen molar-refractivity contribution in [1.29, 1.82) is 0 Å². The van der Waals surface area contributed by atoms with Gasteiger partial charge in [0.05, 0.1) is 13.2 Å². The second kappa shape index (κ2) is 7.51. The van der Waals surface area contributed by atoms with Gasteiger partial charge in [0.2, 0.25) is 11.8 Å². The van der Waals surface area contributed by atoms with Crippen LogP contribution in [0.5, 0.6) is 0 Å². The number of benzene rings is 1. The van der Waals surface area contributed by atoms with Crippen LogP contribution >= 0.6 is 0 Å². The molecule has 3 saturated heterocycles. The zero-order valence-corrected chi connectivity index (χ0v) is 16.4. The van der Waals surface area contributed by atoms with E-state index >= 15 is 0 Å². The Hall–Kier alpha value is -2.29. The minimum atomic E-state index is -0.570. The molecular weight excluding hydrogens is 372 g/mol. The molecule has 4 heterocycles. The van der Waals surface area contributed by atoms with Crippen LogP contribution in [-0.2, 0) is 27.4 Å². The Kier molecular flexibility index (Phi) is 4.85. The number of imide groups is 1. The summed E-state index contributed by atoms with van der Waals surface area (Å²) in [6, 6.07) is 5.63. The van der Waals surface area contributed by atoms with Crippen molar-refractivity contribution in [1.82, 2.24) is 20.4 Å². The van der Waals surface area contributed by atoms with Crippen LogP contribution in [0.3, 0.4) is 0 Å². The molecule has 1 unspecified atom stereocenters. The lowest BCUT2D eigenvalue weighted by Gasteiger charge is -2.30. The van der Waals surface area contributed by atoms with Gasteiger partial charge in [0.1, 0.15) is 6.04 Å². The quantitative estimate of drug-likeness (QED) is 0.690. The summed E-state index contributed by atoms with van der Waals surface area (Å²) in [7, 11) is 0. The number of amides is 3. The van der Waals surface area contributed by atoms with E-state index in [1.54, 1.807) is 4.90 Å². The molecule has 8 heteroatoms. The predicted molar refractivity (Wildman–Crippen MR) is 104 cm³/mol. The summed E-state index contributed by atoms with van der Waals surface area (Å²) in [6.07, 6.45) is 0.663. The molecule has 4 aliphatic heterocycles. The maximum atomic E-state index is 13.0. The number of carbonyl (C=O) groups is 3. The van der Waals surface area contributed by atoms with Gasteiger partial charge in [-0.05, 0) is 23.6 Å². The van der Waals surface area contributed by atoms with Crippen molar-refractivity contribution < 1.29 is 19.1 Å². The van der Waals surface area contributed by atoms with Gasteiger partial charge in [-0.1, -0.05) is 12.1 Å². The fraction of sp³-hybridized carbons (Fsp3) is 0.571. The average Bonchev–Trinajstić information content (AvgIpc) is 2.83. The van der Waals surface area contributed by atoms with Gasteiger partial charge >= 0.3 is 0 Å². The van der Waals surface area contributed by atoms with E-state index in [0.29, 0.717) is 30.5 Å². The van der Waals surface area contributed by atoms with Crippen LogP contribution in [0.1, 0.15) is 34.3 Å². The number of nitrogens with one attached hydrogen (secondary N) is 2. The highest BCUT2D eigenvalue weighted by Crippen LogP contribution is 2.30. The van der Waals surface area contributed by atoms with Crippen LogP contribution in [0, 0.1) is 5.92 Å². The van der Waals surface area contributed by atoms with Crippen molar-refractivity contribution in [3.63, 3.8) is 0 Å². The smallest absolute Gasteiger partial charge is 0.255 e. The average molecular weight is 398 g/mol. The number of hydrogen-bond donors (Lipinski definition) is 2. The molecule has 8 nitrogen and oxygen atoms in total. The third-order valence-electron chi connectivity index (χ3n) is 6.44. The first kappa shape index (κ1) is 18.7. The molecule has 3 atom stereocenters. The first-order chi connectivity index (χ1) is 14.1. The summed E-state index contributed by atoms with van der Waals surface area (Å²) in [5.41, 5.74) is 2.84. The van der Waals surface area contributed by atoms with Crippen LogP contribution < -0.4 is 10.6 Å². The maximum Gasteiger partial charge on any atom is 0.255 e. The number of fused-ring (bicyclic) bond motifs is 4. The van der Waals surface area contributed by atoms with Crippen molar-refractivity contribution in [3.05, 3.63) is 34.9 Å². The SMILES string of the molecule is O=C1CCC(N2Cc3c(CN4C[C@H]5CN[C@@H](COC5)C4)cccc3C2=O)C(=O)N1. The molecule has 0 radical (unpaired) electrons. The summed E-state index contributed by atoms with van der Waals surface area (Å²) in [4.78, 5) is 40.8. The summed E-state index contributed by atoms with van der Waals surface area (Å²) in [5.74, 6) is -0.268. The van der Waals surface area contributed by atoms with Crippen LogP contribution in [-0.4, -0.2) is 72.5 Å². The van der Waals surface area contributed by atoms with E-state index in [9.17, 15) is 14.4 Å². The molecule has 0 aliphatic carbocycles. The Bertz CT molecular complexity index is 843. The van der Waals surface area contributed by atoms with Crippen molar-refractivity contribution in [2.24, 2.45) is 5.92 Å². The molecule has 154 valence electrons. The van der Waals surface area contributed by atoms with Crippen molar-refractivity contribution in [2.75, 3.05) is 32.8 Å². The Labute approximate surface area is 169 Å². The highest BCUT2D eigenvalue weighted by molar-refractivity contribution is 6.05. The monoisotopic (exact) mass is 398 g/mol. The Balaban J connectivity index is 1.35. The lowest BCUT2D eigenvalue weighted by Crippen LogP contribution is -2.52. The Morgan fingerprint density at radius 3 is 2.90 bits per heavy atom. The topological polar surface area (TPSA) is 91.0 Å². The third-order valence-corrected chi connectivity index (χ3v) is 6.44. The fourth-order valence-corrected chi connectivity index (χ4v) is 4.98. The van der Waals surface area contributed by atoms with Crippen molar-refractivity contribution >= 4 is 17.7 Å². The van der Waals surface area contributed by atoms with E-state index in [1.165, 1.54) is 0 Å². The molecule has 3 fully saturated rings. The summed E-state index contributed by atoms with van der Waals surface area (Å²) < 4.78 is 5.74. The zero-order valence-electron chi connectivity index (χ0n) is 16.4. The van der Waals surface area contributed by atoms with Gasteiger partial charge in [-0.2, -0.15) is 0 Å². The predicted octanol–water partition coefficient (Wildman–Crippen LogP) is -0.132. The molecule has 5 rings (SSSR count). The minimum absolute atomic E-state index is 0.112. The van der Waals surface area contributed by atoms with Crippen LogP contribution in [0.4, 0.5) is 0 Å². The number of ether oxygens (including phenoxy) is 1. The van der Waals surface area contributed by atoms with Crippen LogP contribution in [0.2, 0.25) is 0 Å². The lowest BCUT2D eigenvalue weighted by molar-refractivity contribution is -0.136. The number of nitrogens with zero attached hydrogens (tertiary/aromatic N) is 2. The molecule has 0 saturated carbocycles. The van der Waals surface area contributed by atoms with Gasteiger partial charge in [-0.3, -0.25) is 24.6 Å². The summed E-state index contributed by atoms with van der Waals surface area (Å²) in [5, 5.41) is 5.94. The molecular formula is C21H26N4O4. The lowest BCUT2D eigenvalue weighted by atomic mass is 10.0. The highest BCUT2D eigenvalue weighted by Gasteiger charge is 2.40. The van der Waals surface area contributed by atoms with E-state index in [0.717, 1.165) is 50.5 Å². The van der Waals surface area contributed by atoms with E-state index in [4.69, 9.17) is 4.74 Å². The van der Waals surface area contributed by atoms with Gasteiger partial charge in [-0.15, -0.1) is 0 Å². The minimum Gasteiger partial charge on any atom is -0.379 e. The molecule has 0 spiro atoms. The molecule has 2 bridgehead atoms. The normalized spacial score (nSPS) is 30.1. The molecule has 4 aliphatic rings. The van der Waals surface area contributed by atoms with E-state index < -0.39 is 6.04 Å². The molecule has 2 N–H and O–H groups in total. The van der Waals surface area contributed by atoms with E-state index in [1.807, 2.05) is 12.1 Å². The Morgan fingerprint density at radius 1 is 1.14 bits per heavy atom. The number of piperidine rings is 1. The van der Waals surface area contributed by atoms with E-state index in [2.05, 4.69) is 21.6 Å².